The summed E-state index contributed by atoms with van der Waals surface area (Å²) in [4.78, 5) is 11.0. The molecule has 2 aromatic rings. The third-order valence-electron chi connectivity index (χ3n) is 3.67. The molecule has 0 spiro atoms. The summed E-state index contributed by atoms with van der Waals surface area (Å²) in [6.07, 6.45) is 1.81. The van der Waals surface area contributed by atoms with Crippen molar-refractivity contribution in [1.82, 2.24) is 15.6 Å². The van der Waals surface area contributed by atoms with Crippen LogP contribution in [0.25, 0.3) is 0 Å². The van der Waals surface area contributed by atoms with Crippen LogP contribution in [0.2, 0.25) is 0 Å². The first kappa shape index (κ1) is 22.0. The van der Waals surface area contributed by atoms with Crippen LogP contribution in [0.4, 0.5) is 5.82 Å². The molecule has 0 unspecified atom stereocenters. The van der Waals surface area contributed by atoms with Crippen LogP contribution in [-0.4, -0.2) is 38.7 Å². The number of anilines is 1. The fourth-order valence-corrected chi connectivity index (χ4v) is 2.34. The van der Waals surface area contributed by atoms with Crippen molar-refractivity contribution in [2.24, 2.45) is 4.99 Å². The van der Waals surface area contributed by atoms with Crippen LogP contribution in [0, 0.1) is 0 Å². The number of aromatic nitrogens is 1. The highest BCUT2D eigenvalue weighted by atomic mass is 127. The van der Waals surface area contributed by atoms with Gasteiger partial charge in [0.15, 0.2) is 5.96 Å². The molecule has 2 N–H and O–H groups in total. The van der Waals surface area contributed by atoms with E-state index in [1.165, 1.54) is 0 Å². The first-order chi connectivity index (χ1) is 12.1. The van der Waals surface area contributed by atoms with E-state index < -0.39 is 0 Å². The quantitative estimate of drug-likeness (QED) is 0.371. The van der Waals surface area contributed by atoms with Gasteiger partial charge in [-0.2, -0.15) is 0 Å². The van der Waals surface area contributed by atoms with Crippen molar-refractivity contribution in [3.63, 3.8) is 0 Å². The molecule has 0 atom stereocenters. The van der Waals surface area contributed by atoms with Crippen molar-refractivity contribution in [1.29, 1.82) is 0 Å². The molecule has 0 amide bonds. The lowest BCUT2D eigenvalue weighted by Gasteiger charge is -2.14. The average Bonchev–Trinajstić information content (AvgIpc) is 2.64. The van der Waals surface area contributed by atoms with Crippen LogP contribution in [0.5, 0.6) is 5.75 Å². The van der Waals surface area contributed by atoms with Crippen molar-refractivity contribution in [3.8, 4) is 5.75 Å². The van der Waals surface area contributed by atoms with Crippen molar-refractivity contribution in [3.05, 3.63) is 53.7 Å². The van der Waals surface area contributed by atoms with Gasteiger partial charge in [0.1, 0.15) is 11.6 Å². The summed E-state index contributed by atoms with van der Waals surface area (Å²) in [7, 11) is 5.65. The van der Waals surface area contributed by atoms with Gasteiger partial charge in [-0.25, -0.2) is 9.98 Å². The fraction of sp³-hybridized carbons (Fsp3) is 0.368. The van der Waals surface area contributed by atoms with E-state index >= 15 is 0 Å². The Morgan fingerprint density at radius 3 is 2.65 bits per heavy atom. The molecule has 0 aliphatic carbocycles. The van der Waals surface area contributed by atoms with Crippen LogP contribution < -0.4 is 20.3 Å². The number of para-hydroxylation sites is 1. The molecular formula is C19H28IN5O. The van der Waals surface area contributed by atoms with Gasteiger partial charge in [0.2, 0.25) is 0 Å². The van der Waals surface area contributed by atoms with E-state index in [2.05, 4.69) is 27.5 Å². The molecule has 0 bridgehead atoms. The van der Waals surface area contributed by atoms with E-state index in [4.69, 9.17) is 4.74 Å². The fourth-order valence-electron chi connectivity index (χ4n) is 2.34. The monoisotopic (exact) mass is 469 g/mol. The van der Waals surface area contributed by atoms with Crippen molar-refractivity contribution in [2.75, 3.05) is 32.6 Å². The largest absolute Gasteiger partial charge is 0.496 e. The van der Waals surface area contributed by atoms with Gasteiger partial charge < -0.3 is 20.3 Å². The van der Waals surface area contributed by atoms with E-state index in [0.29, 0.717) is 13.1 Å². The highest BCUT2D eigenvalue weighted by molar-refractivity contribution is 14.0. The molecule has 142 valence electrons. The van der Waals surface area contributed by atoms with Gasteiger partial charge in [0, 0.05) is 38.9 Å². The molecule has 0 fully saturated rings. The third-order valence-corrected chi connectivity index (χ3v) is 3.67. The molecule has 1 heterocycles. The second-order valence-corrected chi connectivity index (χ2v) is 5.78. The molecule has 2 rings (SSSR count). The Bertz CT molecular complexity index is 706. The maximum Gasteiger partial charge on any atom is 0.191 e. The Morgan fingerprint density at radius 1 is 1.19 bits per heavy atom. The number of hydrogen-bond acceptors (Lipinski definition) is 4. The number of benzene rings is 1. The number of pyridine rings is 1. The zero-order valence-electron chi connectivity index (χ0n) is 15.8. The highest BCUT2D eigenvalue weighted by Crippen LogP contribution is 2.16. The summed E-state index contributed by atoms with van der Waals surface area (Å²) < 4.78 is 5.39. The number of ether oxygens (including phenoxy) is 1. The van der Waals surface area contributed by atoms with Gasteiger partial charge in [-0.1, -0.05) is 18.2 Å². The average molecular weight is 469 g/mol. The second-order valence-electron chi connectivity index (χ2n) is 5.78. The van der Waals surface area contributed by atoms with Crippen LogP contribution in [0.15, 0.2) is 47.6 Å². The van der Waals surface area contributed by atoms with Crippen molar-refractivity contribution < 1.29 is 4.74 Å². The molecule has 6 nitrogen and oxygen atoms in total. The SMILES string of the molecule is CCNC(=NCc1ccnc(N(C)C)c1)NCc1ccccc1OC.I. The third kappa shape index (κ3) is 6.70. The molecule has 0 aliphatic heterocycles. The minimum atomic E-state index is 0. The lowest BCUT2D eigenvalue weighted by atomic mass is 10.2. The minimum absolute atomic E-state index is 0. The van der Waals surface area contributed by atoms with E-state index in [9.17, 15) is 0 Å². The van der Waals surface area contributed by atoms with Gasteiger partial charge >= 0.3 is 0 Å². The normalized spacial score (nSPS) is 10.7. The van der Waals surface area contributed by atoms with Gasteiger partial charge in [0.25, 0.3) is 0 Å². The summed E-state index contributed by atoms with van der Waals surface area (Å²) in [6, 6.07) is 12.0. The van der Waals surface area contributed by atoms with E-state index in [-0.39, 0.29) is 24.0 Å². The number of halogens is 1. The van der Waals surface area contributed by atoms with E-state index in [1.54, 1.807) is 7.11 Å². The molecule has 0 saturated carbocycles. The second kappa shape index (κ2) is 11.6. The molecule has 1 aromatic heterocycles. The van der Waals surface area contributed by atoms with E-state index in [1.807, 2.05) is 61.6 Å². The maximum absolute atomic E-state index is 5.39. The van der Waals surface area contributed by atoms with Crippen molar-refractivity contribution in [2.45, 2.75) is 20.0 Å². The zero-order chi connectivity index (χ0) is 18.1. The van der Waals surface area contributed by atoms with Crippen LogP contribution in [0.1, 0.15) is 18.1 Å². The summed E-state index contributed by atoms with van der Waals surface area (Å²) in [6.45, 7) is 4.09. The Kier molecular flexibility index (Phi) is 9.79. The first-order valence-electron chi connectivity index (χ1n) is 8.40. The number of nitrogens with one attached hydrogen (secondary N) is 2. The predicted octanol–water partition coefficient (Wildman–Crippen LogP) is 3.03. The Balaban J connectivity index is 0.00000338. The molecule has 0 radical (unpaired) electrons. The van der Waals surface area contributed by atoms with E-state index in [0.717, 1.165) is 35.2 Å². The summed E-state index contributed by atoms with van der Waals surface area (Å²) >= 11 is 0. The number of guanidine groups is 1. The number of hydrogen-bond donors (Lipinski definition) is 2. The molecule has 7 heteroatoms. The lowest BCUT2D eigenvalue weighted by Crippen LogP contribution is -2.36. The number of nitrogens with zero attached hydrogens (tertiary/aromatic N) is 3. The molecule has 26 heavy (non-hydrogen) atoms. The topological polar surface area (TPSA) is 61.8 Å². The van der Waals surface area contributed by atoms with Crippen LogP contribution in [0.3, 0.4) is 0 Å². The van der Waals surface area contributed by atoms with Crippen molar-refractivity contribution >= 4 is 35.8 Å². The zero-order valence-corrected chi connectivity index (χ0v) is 18.2. The smallest absolute Gasteiger partial charge is 0.191 e. The Hall–Kier alpha value is -2.03. The van der Waals surface area contributed by atoms with Gasteiger partial charge in [-0.3, -0.25) is 0 Å². The number of methoxy groups -OCH3 is 1. The van der Waals surface area contributed by atoms with Gasteiger partial charge in [-0.05, 0) is 30.7 Å². The maximum atomic E-state index is 5.39. The molecule has 0 aliphatic rings. The summed E-state index contributed by atoms with van der Waals surface area (Å²) in [5.74, 6) is 2.58. The standard InChI is InChI=1S/C19H27N5O.HI/c1-5-20-19(23-14-16-8-6-7-9-17(16)25-4)22-13-15-10-11-21-18(12-15)24(2)3;/h6-12H,5,13-14H2,1-4H3,(H2,20,22,23);1H. The Morgan fingerprint density at radius 2 is 1.96 bits per heavy atom. The molecule has 0 saturated heterocycles. The first-order valence-corrected chi connectivity index (χ1v) is 8.40. The predicted molar refractivity (Wildman–Crippen MR) is 119 cm³/mol. The molecular weight excluding hydrogens is 441 g/mol. The van der Waals surface area contributed by atoms with Gasteiger partial charge in [0.05, 0.1) is 13.7 Å². The highest BCUT2D eigenvalue weighted by Gasteiger charge is 2.04. The summed E-state index contributed by atoms with van der Waals surface area (Å²) in [5.41, 5.74) is 2.21. The van der Waals surface area contributed by atoms with Crippen LogP contribution in [-0.2, 0) is 13.1 Å². The van der Waals surface area contributed by atoms with Gasteiger partial charge in [-0.15, -0.1) is 24.0 Å². The van der Waals surface area contributed by atoms with Crippen LogP contribution >= 0.6 is 24.0 Å². The number of aliphatic imine (C=N–C) groups is 1. The number of rotatable bonds is 7. The molecule has 1 aromatic carbocycles. The Labute approximate surface area is 173 Å². The summed E-state index contributed by atoms with van der Waals surface area (Å²) in [5, 5.41) is 6.62. The minimum Gasteiger partial charge on any atom is -0.496 e. The lowest BCUT2D eigenvalue weighted by molar-refractivity contribution is 0.409.